The van der Waals surface area contributed by atoms with Crippen molar-refractivity contribution in [3.63, 3.8) is 0 Å². The molecule has 4 nitrogen and oxygen atoms in total. The quantitative estimate of drug-likeness (QED) is 0.912. The Morgan fingerprint density at radius 3 is 2.90 bits per heavy atom. The Labute approximate surface area is 134 Å². The van der Waals surface area contributed by atoms with E-state index in [1.807, 2.05) is 5.38 Å². The van der Waals surface area contributed by atoms with Crippen LogP contribution in [0, 0.1) is 0 Å². The number of carbonyl (C=O) groups is 1. The Morgan fingerprint density at radius 2 is 2.14 bits per heavy atom. The predicted molar refractivity (Wildman–Crippen MR) is 89.1 cm³/mol. The molecule has 0 fully saturated rings. The Balaban J connectivity index is 0.00000161. The van der Waals surface area contributed by atoms with Crippen molar-refractivity contribution in [2.45, 2.75) is 32.2 Å². The van der Waals surface area contributed by atoms with Crippen LogP contribution >= 0.6 is 23.7 Å². The van der Waals surface area contributed by atoms with Crippen molar-refractivity contribution < 1.29 is 4.79 Å². The number of anilines is 1. The van der Waals surface area contributed by atoms with Crippen molar-refractivity contribution in [3.8, 4) is 11.3 Å². The predicted octanol–water partition coefficient (Wildman–Crippen LogP) is 3.01. The zero-order chi connectivity index (χ0) is 14.1. The number of thiazole rings is 1. The summed E-state index contributed by atoms with van der Waals surface area (Å²) in [6.45, 7) is 1.66. The molecule has 1 aliphatic carbocycles. The van der Waals surface area contributed by atoms with E-state index in [0.717, 1.165) is 17.7 Å². The molecule has 1 heterocycles. The van der Waals surface area contributed by atoms with Crippen molar-refractivity contribution in [3.05, 3.63) is 34.7 Å². The summed E-state index contributed by atoms with van der Waals surface area (Å²) < 4.78 is 0. The Bertz CT molecular complexity index is 654. The number of nitrogens with zero attached hydrogens (tertiary/aromatic N) is 1. The topological polar surface area (TPSA) is 68.0 Å². The summed E-state index contributed by atoms with van der Waals surface area (Å²) in [7, 11) is 0. The third-order valence-corrected chi connectivity index (χ3v) is 4.30. The number of carbonyl (C=O) groups excluding carboxylic acids is 1. The lowest BCUT2D eigenvalue weighted by Crippen LogP contribution is -2.32. The molecule has 0 aliphatic heterocycles. The minimum atomic E-state index is -0.526. The van der Waals surface area contributed by atoms with Crippen LogP contribution < -0.4 is 11.1 Å². The number of nitrogens with two attached hydrogens (primary N) is 1. The van der Waals surface area contributed by atoms with Crippen LogP contribution in [0.1, 0.15) is 24.5 Å². The SMILES string of the molecule is C[C@@H](N)C(=O)Nc1nc(-c2ccc3c(c2)CCC3)cs1.Cl. The molecule has 0 spiro atoms. The van der Waals surface area contributed by atoms with Crippen molar-refractivity contribution in [2.24, 2.45) is 5.73 Å². The van der Waals surface area contributed by atoms with Gasteiger partial charge in [-0.3, -0.25) is 4.79 Å². The second-order valence-electron chi connectivity index (χ2n) is 5.15. The van der Waals surface area contributed by atoms with Gasteiger partial charge in [-0.25, -0.2) is 4.98 Å². The van der Waals surface area contributed by atoms with E-state index < -0.39 is 6.04 Å². The van der Waals surface area contributed by atoms with Crippen LogP contribution in [-0.2, 0) is 17.6 Å². The minimum absolute atomic E-state index is 0. The molecular formula is C15H18ClN3OS. The molecule has 21 heavy (non-hydrogen) atoms. The van der Waals surface area contributed by atoms with E-state index in [1.165, 1.54) is 35.3 Å². The standard InChI is InChI=1S/C15H17N3OS.ClH/c1-9(16)14(19)18-15-17-13(8-20-15)12-6-5-10-3-2-4-11(10)7-12;/h5-9H,2-4,16H2,1H3,(H,17,18,19);1H/t9-;/m1./s1. The molecule has 0 saturated carbocycles. The highest BCUT2D eigenvalue weighted by Crippen LogP contribution is 2.30. The van der Waals surface area contributed by atoms with Gasteiger partial charge in [0.05, 0.1) is 11.7 Å². The summed E-state index contributed by atoms with van der Waals surface area (Å²) >= 11 is 1.42. The van der Waals surface area contributed by atoms with E-state index >= 15 is 0 Å². The molecule has 2 aromatic rings. The summed E-state index contributed by atoms with van der Waals surface area (Å²) in [5.74, 6) is -0.208. The molecule has 3 N–H and O–H groups in total. The van der Waals surface area contributed by atoms with Crippen LogP contribution in [0.25, 0.3) is 11.3 Å². The van der Waals surface area contributed by atoms with Gasteiger partial charge in [-0.1, -0.05) is 12.1 Å². The molecule has 0 saturated heterocycles. The van der Waals surface area contributed by atoms with Crippen LogP contribution in [0.2, 0.25) is 0 Å². The van der Waals surface area contributed by atoms with Gasteiger partial charge in [0.15, 0.2) is 5.13 Å². The smallest absolute Gasteiger partial charge is 0.242 e. The summed E-state index contributed by atoms with van der Waals surface area (Å²) in [5.41, 5.74) is 10.4. The first-order valence-corrected chi connectivity index (χ1v) is 7.65. The monoisotopic (exact) mass is 323 g/mol. The van der Waals surface area contributed by atoms with Gasteiger partial charge in [0, 0.05) is 10.9 Å². The van der Waals surface area contributed by atoms with Gasteiger partial charge < -0.3 is 11.1 Å². The van der Waals surface area contributed by atoms with Crippen molar-refractivity contribution >= 4 is 34.8 Å². The van der Waals surface area contributed by atoms with Crippen LogP contribution in [0.5, 0.6) is 0 Å². The lowest BCUT2D eigenvalue weighted by Gasteiger charge is -2.04. The molecular weight excluding hydrogens is 306 g/mol. The first kappa shape index (κ1) is 15.9. The number of hydrogen-bond acceptors (Lipinski definition) is 4. The first-order valence-electron chi connectivity index (χ1n) is 6.77. The summed E-state index contributed by atoms with van der Waals surface area (Å²) in [5, 5.41) is 5.29. The van der Waals surface area contributed by atoms with Gasteiger partial charge in [0.1, 0.15) is 0 Å². The highest BCUT2D eigenvalue weighted by atomic mass is 35.5. The Kier molecular flexibility index (Phi) is 4.98. The minimum Gasteiger partial charge on any atom is -0.320 e. The van der Waals surface area contributed by atoms with Gasteiger partial charge >= 0.3 is 0 Å². The molecule has 0 radical (unpaired) electrons. The Hall–Kier alpha value is -1.43. The lowest BCUT2D eigenvalue weighted by atomic mass is 10.1. The molecule has 1 aliphatic rings. The number of fused-ring (bicyclic) bond motifs is 1. The van der Waals surface area contributed by atoms with Crippen LogP contribution in [0.3, 0.4) is 0 Å². The maximum absolute atomic E-state index is 11.5. The normalized spacial score (nSPS) is 14.2. The summed E-state index contributed by atoms with van der Waals surface area (Å²) in [6.07, 6.45) is 3.58. The average Bonchev–Trinajstić information content (AvgIpc) is 3.05. The van der Waals surface area contributed by atoms with Gasteiger partial charge in [-0.2, -0.15) is 0 Å². The van der Waals surface area contributed by atoms with E-state index in [-0.39, 0.29) is 18.3 Å². The fourth-order valence-electron chi connectivity index (χ4n) is 2.41. The van der Waals surface area contributed by atoms with Gasteiger partial charge in [-0.15, -0.1) is 23.7 Å². The van der Waals surface area contributed by atoms with E-state index in [9.17, 15) is 4.79 Å². The number of amides is 1. The zero-order valence-corrected chi connectivity index (χ0v) is 13.4. The summed E-state index contributed by atoms with van der Waals surface area (Å²) in [6, 6.07) is 5.99. The fraction of sp³-hybridized carbons (Fsp3) is 0.333. The van der Waals surface area contributed by atoms with Crippen LogP contribution in [-0.4, -0.2) is 16.9 Å². The largest absolute Gasteiger partial charge is 0.320 e. The lowest BCUT2D eigenvalue weighted by molar-refractivity contribution is -0.117. The number of aromatic nitrogens is 1. The second kappa shape index (κ2) is 6.56. The van der Waals surface area contributed by atoms with E-state index in [4.69, 9.17) is 5.73 Å². The molecule has 0 bridgehead atoms. The van der Waals surface area contributed by atoms with Gasteiger partial charge in [-0.05, 0) is 43.4 Å². The fourth-order valence-corrected chi connectivity index (χ4v) is 3.14. The van der Waals surface area contributed by atoms with E-state index in [1.54, 1.807) is 6.92 Å². The number of hydrogen-bond donors (Lipinski definition) is 2. The zero-order valence-electron chi connectivity index (χ0n) is 11.8. The third kappa shape index (κ3) is 3.43. The number of nitrogens with one attached hydrogen (secondary N) is 1. The number of rotatable bonds is 3. The number of benzene rings is 1. The highest BCUT2D eigenvalue weighted by Gasteiger charge is 2.14. The maximum atomic E-state index is 11.5. The van der Waals surface area contributed by atoms with E-state index in [2.05, 4.69) is 28.5 Å². The number of halogens is 1. The van der Waals surface area contributed by atoms with Crippen molar-refractivity contribution in [2.75, 3.05) is 5.32 Å². The van der Waals surface area contributed by atoms with Crippen LogP contribution in [0.4, 0.5) is 5.13 Å². The Morgan fingerprint density at radius 1 is 1.38 bits per heavy atom. The molecule has 1 amide bonds. The molecule has 1 aromatic heterocycles. The van der Waals surface area contributed by atoms with Crippen LogP contribution in [0.15, 0.2) is 23.6 Å². The second-order valence-corrected chi connectivity index (χ2v) is 6.01. The summed E-state index contributed by atoms with van der Waals surface area (Å²) in [4.78, 5) is 16.0. The van der Waals surface area contributed by atoms with E-state index in [0.29, 0.717) is 5.13 Å². The first-order chi connectivity index (χ1) is 9.63. The number of aryl methyl sites for hydroxylation is 2. The van der Waals surface area contributed by atoms with Crippen molar-refractivity contribution in [1.82, 2.24) is 4.98 Å². The highest BCUT2D eigenvalue weighted by molar-refractivity contribution is 7.14. The third-order valence-electron chi connectivity index (χ3n) is 3.54. The average molecular weight is 324 g/mol. The molecule has 0 unspecified atom stereocenters. The molecule has 1 aromatic carbocycles. The molecule has 1 atom stereocenters. The van der Waals surface area contributed by atoms with Gasteiger partial charge in [0.25, 0.3) is 0 Å². The maximum Gasteiger partial charge on any atom is 0.242 e. The molecule has 112 valence electrons. The van der Waals surface area contributed by atoms with Gasteiger partial charge in [0.2, 0.25) is 5.91 Å². The van der Waals surface area contributed by atoms with Crippen molar-refractivity contribution in [1.29, 1.82) is 0 Å². The molecule has 6 heteroatoms. The molecule has 3 rings (SSSR count).